The molecule has 2 aromatic heterocycles. The van der Waals surface area contributed by atoms with E-state index in [9.17, 15) is 14.4 Å². The van der Waals surface area contributed by atoms with Gasteiger partial charge in [-0.15, -0.1) is 15.3 Å². The number of rotatable bonds is 7. The third kappa shape index (κ3) is 6.99. The average Bonchev–Trinajstić information content (AvgIpc) is 2.80. The summed E-state index contributed by atoms with van der Waals surface area (Å²) >= 11 is 12.7. The highest BCUT2D eigenvalue weighted by atomic mass is 35.5. The Bertz CT molecular complexity index is 1500. The van der Waals surface area contributed by atoms with Gasteiger partial charge in [0.1, 0.15) is 11.7 Å². The molecule has 0 saturated heterocycles. The quantitative estimate of drug-likeness (QED) is 0.323. The Balaban J connectivity index is 1.83. The van der Waals surface area contributed by atoms with Crippen LogP contribution in [0.1, 0.15) is 51.8 Å². The van der Waals surface area contributed by atoms with Crippen molar-refractivity contribution in [1.29, 1.82) is 5.26 Å². The maximum Gasteiger partial charge on any atom is 0.511 e. The predicted octanol–water partition coefficient (Wildman–Crippen LogP) is 4.09. The van der Waals surface area contributed by atoms with Crippen molar-refractivity contribution in [3.8, 4) is 29.3 Å². The largest absolute Gasteiger partial charge is 0.511 e. The van der Waals surface area contributed by atoms with E-state index in [4.69, 9.17) is 47.4 Å². The molecule has 0 atom stereocenters. The molecule has 0 aliphatic carbocycles. The molecule has 38 heavy (non-hydrogen) atoms. The van der Waals surface area contributed by atoms with Gasteiger partial charge in [-0.1, -0.05) is 37.0 Å². The molecule has 2 heterocycles. The van der Waals surface area contributed by atoms with Gasteiger partial charge in [0.25, 0.3) is 5.56 Å². The maximum atomic E-state index is 12.2. The van der Waals surface area contributed by atoms with Gasteiger partial charge in [0.05, 0.1) is 15.7 Å². The van der Waals surface area contributed by atoms with E-state index in [1.165, 1.54) is 12.1 Å². The third-order valence-electron chi connectivity index (χ3n) is 4.52. The second kappa shape index (κ2) is 11.5. The first-order valence-electron chi connectivity index (χ1n) is 11.0. The van der Waals surface area contributed by atoms with E-state index >= 15 is 0 Å². The van der Waals surface area contributed by atoms with E-state index in [1.807, 2.05) is 18.8 Å². The lowest BCUT2D eigenvalue weighted by atomic mass is 10.1. The van der Waals surface area contributed by atoms with Crippen molar-refractivity contribution in [2.45, 2.75) is 46.1 Å². The van der Waals surface area contributed by atoms with E-state index in [2.05, 4.69) is 15.3 Å². The number of halogens is 2. The number of nitrogens with one attached hydrogen (secondary N) is 1. The summed E-state index contributed by atoms with van der Waals surface area (Å²) in [7, 11) is 0. The molecule has 0 bridgehead atoms. The van der Waals surface area contributed by atoms with Crippen molar-refractivity contribution in [2.24, 2.45) is 0 Å². The van der Waals surface area contributed by atoms with Crippen LogP contribution in [0.5, 0.6) is 17.5 Å². The number of nitriles is 1. The van der Waals surface area contributed by atoms with Crippen molar-refractivity contribution in [1.82, 2.24) is 25.0 Å². The molecule has 0 radical (unpaired) electrons. The third-order valence-corrected chi connectivity index (χ3v) is 5.08. The Morgan fingerprint density at radius 2 is 1.82 bits per heavy atom. The highest BCUT2D eigenvalue weighted by Crippen LogP contribution is 2.38. The second-order valence-corrected chi connectivity index (χ2v) is 9.76. The van der Waals surface area contributed by atoms with Crippen LogP contribution in [0, 0.1) is 11.3 Å². The molecular weight excluding hydrogens is 543 g/mol. The van der Waals surface area contributed by atoms with E-state index in [0.29, 0.717) is 5.56 Å². The van der Waals surface area contributed by atoms with Gasteiger partial charge in [-0.2, -0.15) is 9.94 Å². The molecule has 0 amide bonds. The molecular formula is C23H22Cl2N6O7. The van der Waals surface area contributed by atoms with Gasteiger partial charge in [-0.25, -0.2) is 9.59 Å². The molecule has 0 saturated carbocycles. The Morgan fingerprint density at radius 1 is 1.16 bits per heavy atom. The first-order chi connectivity index (χ1) is 17.8. The molecule has 1 aromatic carbocycles. The van der Waals surface area contributed by atoms with Gasteiger partial charge in [0.15, 0.2) is 5.75 Å². The van der Waals surface area contributed by atoms with E-state index in [1.54, 1.807) is 32.9 Å². The van der Waals surface area contributed by atoms with Crippen LogP contribution in [0.25, 0.3) is 5.69 Å². The summed E-state index contributed by atoms with van der Waals surface area (Å²) in [6, 6.07) is 5.75. The molecule has 15 heteroatoms. The number of aromatic nitrogens is 5. The average molecular weight is 565 g/mol. The van der Waals surface area contributed by atoms with Gasteiger partial charge in [-0.05, 0) is 38.8 Å². The molecule has 0 unspecified atom stereocenters. The summed E-state index contributed by atoms with van der Waals surface area (Å²) in [5.74, 6) is 0.0447. The molecule has 3 aromatic rings. The van der Waals surface area contributed by atoms with E-state index in [0.717, 1.165) is 4.68 Å². The monoisotopic (exact) mass is 564 g/mol. The van der Waals surface area contributed by atoms with Gasteiger partial charge in [0, 0.05) is 11.6 Å². The number of carbonyl (C=O) groups excluding carboxylic acids is 1. The summed E-state index contributed by atoms with van der Waals surface area (Å²) in [5, 5.41) is 20.6. The molecule has 200 valence electrons. The zero-order valence-corrected chi connectivity index (χ0v) is 22.4. The second-order valence-electron chi connectivity index (χ2n) is 8.94. The van der Waals surface area contributed by atoms with Crippen molar-refractivity contribution < 1.29 is 23.7 Å². The Hall–Kier alpha value is -4.15. The van der Waals surface area contributed by atoms with Crippen LogP contribution >= 0.6 is 23.2 Å². The number of benzene rings is 1. The zero-order valence-electron chi connectivity index (χ0n) is 20.9. The molecule has 1 N–H and O–H groups in total. The fourth-order valence-electron chi connectivity index (χ4n) is 2.88. The van der Waals surface area contributed by atoms with Crippen LogP contribution < -0.4 is 20.7 Å². The fraction of sp³-hybridized carbons (Fsp3) is 0.348. The molecule has 3 rings (SSSR count). The Morgan fingerprint density at radius 3 is 2.39 bits per heavy atom. The van der Waals surface area contributed by atoms with Crippen LogP contribution in [0.15, 0.2) is 27.8 Å². The highest BCUT2D eigenvalue weighted by molar-refractivity contribution is 6.37. The topological polar surface area (TPSA) is 171 Å². The smallest absolute Gasteiger partial charge is 0.438 e. The Labute approximate surface area is 225 Å². The van der Waals surface area contributed by atoms with Crippen LogP contribution in [0.2, 0.25) is 10.0 Å². The number of ether oxygens (including phenoxy) is 4. The fourth-order valence-corrected chi connectivity index (χ4v) is 3.44. The minimum Gasteiger partial charge on any atom is -0.438 e. The van der Waals surface area contributed by atoms with Crippen LogP contribution in [-0.2, 0) is 9.47 Å². The lowest BCUT2D eigenvalue weighted by Crippen LogP contribution is -2.33. The van der Waals surface area contributed by atoms with Crippen molar-refractivity contribution in [2.75, 3.05) is 6.79 Å². The minimum absolute atomic E-state index is 0.000923. The van der Waals surface area contributed by atoms with Crippen LogP contribution in [0.3, 0.4) is 0 Å². The van der Waals surface area contributed by atoms with E-state index in [-0.39, 0.29) is 39.2 Å². The van der Waals surface area contributed by atoms with Gasteiger partial charge < -0.3 is 18.9 Å². The first kappa shape index (κ1) is 28.4. The molecule has 0 spiro atoms. The summed E-state index contributed by atoms with van der Waals surface area (Å²) in [6.07, 6.45) is -0.896. The van der Waals surface area contributed by atoms with Crippen LogP contribution in [0.4, 0.5) is 4.79 Å². The van der Waals surface area contributed by atoms with Gasteiger partial charge in [0.2, 0.25) is 24.2 Å². The minimum atomic E-state index is -0.922. The molecule has 0 aliphatic heterocycles. The van der Waals surface area contributed by atoms with Gasteiger partial charge in [-0.3, -0.25) is 9.78 Å². The molecule has 0 aliphatic rings. The van der Waals surface area contributed by atoms with Crippen molar-refractivity contribution in [3.63, 3.8) is 0 Å². The number of hydrogen-bond donors (Lipinski definition) is 1. The zero-order chi connectivity index (χ0) is 28.2. The van der Waals surface area contributed by atoms with Crippen LogP contribution in [-0.4, -0.2) is 43.5 Å². The molecule has 13 nitrogen and oxygen atoms in total. The number of H-pyrrole nitrogens is 1. The normalized spacial score (nSPS) is 11.1. The standard InChI is InChI=1S/C23H22Cl2N6O7/c1-11(2)13-8-17(28-29-20(13)35-10-36-22(34)38-23(3,4)5)37-18-14(24)6-12(7-15(18)25)31-21(33)27-19(32)16(9-26)30-31/h6-8,11H,10H2,1-5H3,(H,27,32,33). The maximum absolute atomic E-state index is 12.2. The van der Waals surface area contributed by atoms with Crippen molar-refractivity contribution in [3.05, 3.63) is 60.3 Å². The number of carbonyl (C=O) groups is 1. The predicted molar refractivity (Wildman–Crippen MR) is 134 cm³/mol. The Kier molecular flexibility index (Phi) is 8.60. The summed E-state index contributed by atoms with van der Waals surface area (Å²) in [6.45, 7) is 8.41. The first-order valence-corrected chi connectivity index (χ1v) is 11.7. The molecule has 0 fully saturated rings. The number of nitrogens with zero attached hydrogens (tertiary/aromatic N) is 5. The lowest BCUT2D eigenvalue weighted by molar-refractivity contribution is -0.0374. The summed E-state index contributed by atoms with van der Waals surface area (Å²) < 4.78 is 21.9. The summed E-state index contributed by atoms with van der Waals surface area (Å²) in [5.41, 5.74) is -2.39. The number of hydrogen-bond acceptors (Lipinski definition) is 11. The van der Waals surface area contributed by atoms with E-state index < -0.39 is 35.5 Å². The van der Waals surface area contributed by atoms with Gasteiger partial charge >= 0.3 is 11.8 Å². The number of aromatic amines is 1. The summed E-state index contributed by atoms with van der Waals surface area (Å²) in [4.78, 5) is 37.5. The van der Waals surface area contributed by atoms with Crippen molar-refractivity contribution >= 4 is 29.4 Å². The SMILES string of the molecule is CC(C)c1cc(Oc2c(Cl)cc(-n3nc(C#N)c(=O)[nH]c3=O)cc2Cl)nnc1OCOC(=O)OC(C)(C)C. The highest BCUT2D eigenvalue weighted by Gasteiger charge is 2.20. The lowest BCUT2D eigenvalue weighted by Gasteiger charge is -2.19.